The maximum Gasteiger partial charge on any atom is 0.0577 e. The van der Waals surface area contributed by atoms with E-state index >= 15 is 0 Å². The first-order chi connectivity index (χ1) is 13.6. The van der Waals surface area contributed by atoms with E-state index in [1.807, 2.05) is 0 Å². The Labute approximate surface area is 181 Å². The molecule has 3 aliphatic rings. The van der Waals surface area contributed by atoms with Gasteiger partial charge in [0.2, 0.25) is 0 Å². The van der Waals surface area contributed by atoms with E-state index < -0.39 is 0 Å². The molecule has 0 amide bonds. The van der Waals surface area contributed by atoms with Gasteiger partial charge in [-0.05, 0) is 91.3 Å². The first kappa shape index (κ1) is 23.1. The van der Waals surface area contributed by atoms with E-state index in [2.05, 4.69) is 66.7 Å². The molecule has 3 rings (SSSR count). The Morgan fingerprint density at radius 2 is 1.83 bits per heavy atom. The van der Waals surface area contributed by atoms with Gasteiger partial charge in [-0.2, -0.15) is 0 Å². The molecular formula is C28H48O. The molecule has 0 saturated heterocycles. The van der Waals surface area contributed by atoms with Gasteiger partial charge >= 0.3 is 0 Å². The van der Waals surface area contributed by atoms with Gasteiger partial charge in [0, 0.05) is 0 Å². The van der Waals surface area contributed by atoms with E-state index in [0.717, 1.165) is 36.5 Å². The predicted molar refractivity (Wildman–Crippen MR) is 126 cm³/mol. The van der Waals surface area contributed by atoms with Crippen LogP contribution in [0.15, 0.2) is 23.8 Å². The molecule has 2 fully saturated rings. The summed E-state index contributed by atoms with van der Waals surface area (Å²) in [6, 6.07) is 0. The number of fused-ring (bicyclic) bond motifs is 1. The van der Waals surface area contributed by atoms with Crippen LogP contribution < -0.4 is 0 Å². The van der Waals surface area contributed by atoms with E-state index in [4.69, 9.17) is 0 Å². The van der Waals surface area contributed by atoms with Crippen LogP contribution in [0.3, 0.4) is 0 Å². The maximum absolute atomic E-state index is 10.1. The van der Waals surface area contributed by atoms with Crippen LogP contribution in [0.4, 0.5) is 0 Å². The van der Waals surface area contributed by atoms with E-state index in [1.165, 1.54) is 38.5 Å². The Kier molecular flexibility index (Phi) is 7.09. The van der Waals surface area contributed by atoms with Crippen LogP contribution >= 0.6 is 0 Å². The summed E-state index contributed by atoms with van der Waals surface area (Å²) in [5.74, 6) is 4.59. The molecule has 1 unspecified atom stereocenters. The minimum absolute atomic E-state index is 0.0940. The largest absolute Gasteiger partial charge is 0.393 e. The highest BCUT2D eigenvalue weighted by molar-refractivity contribution is 5.22. The van der Waals surface area contributed by atoms with Gasteiger partial charge in [0.15, 0.2) is 0 Å². The monoisotopic (exact) mass is 400 g/mol. The summed E-state index contributed by atoms with van der Waals surface area (Å²) in [7, 11) is 0. The molecule has 166 valence electrons. The van der Waals surface area contributed by atoms with Gasteiger partial charge in [-0.3, -0.25) is 0 Å². The van der Waals surface area contributed by atoms with Crippen molar-refractivity contribution in [3.63, 3.8) is 0 Å². The summed E-state index contributed by atoms with van der Waals surface area (Å²) < 4.78 is 0. The third-order valence-electron chi connectivity index (χ3n) is 9.86. The highest BCUT2D eigenvalue weighted by Gasteiger charge is 2.51. The van der Waals surface area contributed by atoms with Gasteiger partial charge in [-0.25, -0.2) is 0 Å². The van der Waals surface area contributed by atoms with Crippen LogP contribution in [0.2, 0.25) is 0 Å². The average molecular weight is 401 g/mol. The molecule has 29 heavy (non-hydrogen) atoms. The fourth-order valence-electron chi connectivity index (χ4n) is 7.24. The summed E-state index contributed by atoms with van der Waals surface area (Å²) in [5, 5.41) is 10.1. The van der Waals surface area contributed by atoms with Crippen LogP contribution in [-0.2, 0) is 0 Å². The van der Waals surface area contributed by atoms with Crippen molar-refractivity contribution in [3.05, 3.63) is 23.8 Å². The van der Waals surface area contributed by atoms with Crippen molar-refractivity contribution < 1.29 is 5.11 Å². The molecule has 0 heterocycles. The van der Waals surface area contributed by atoms with Crippen molar-refractivity contribution in [2.24, 2.45) is 46.3 Å². The SMILES string of the molecule is CC[C@]1(C)[C@@H](C(C)/C=C/[C@@H](C)C(C)C)CC[C@H]1[C@@H]1CC=C2C[C@@H](O)CC[C@]2(C)C1. The van der Waals surface area contributed by atoms with E-state index in [1.54, 1.807) is 5.57 Å². The molecule has 3 aliphatic carbocycles. The van der Waals surface area contributed by atoms with Gasteiger partial charge in [0.25, 0.3) is 0 Å². The van der Waals surface area contributed by atoms with Crippen LogP contribution in [0.5, 0.6) is 0 Å². The molecule has 2 saturated carbocycles. The zero-order chi connectivity index (χ0) is 21.4. The van der Waals surface area contributed by atoms with Gasteiger partial charge in [0.1, 0.15) is 0 Å². The lowest BCUT2D eigenvalue weighted by atomic mass is 9.56. The quantitative estimate of drug-likeness (QED) is 0.451. The molecule has 1 N–H and O–H groups in total. The highest BCUT2D eigenvalue weighted by Crippen LogP contribution is 2.60. The molecule has 0 aliphatic heterocycles. The first-order valence-electron chi connectivity index (χ1n) is 12.7. The van der Waals surface area contributed by atoms with Crippen molar-refractivity contribution in [2.75, 3.05) is 0 Å². The Morgan fingerprint density at radius 3 is 2.48 bits per heavy atom. The lowest BCUT2D eigenvalue weighted by Crippen LogP contribution is -2.40. The molecule has 1 heteroatoms. The third kappa shape index (κ3) is 4.56. The molecule has 0 spiro atoms. The summed E-state index contributed by atoms with van der Waals surface area (Å²) in [6.07, 6.45) is 17.3. The molecule has 0 aromatic heterocycles. The number of aliphatic hydroxyl groups is 1. The molecule has 0 radical (unpaired) electrons. The Balaban J connectivity index is 1.74. The second-order valence-corrected chi connectivity index (χ2v) is 11.9. The van der Waals surface area contributed by atoms with E-state index in [0.29, 0.717) is 22.7 Å². The second-order valence-electron chi connectivity index (χ2n) is 11.9. The van der Waals surface area contributed by atoms with Crippen molar-refractivity contribution in [1.82, 2.24) is 0 Å². The van der Waals surface area contributed by atoms with Crippen molar-refractivity contribution >= 4 is 0 Å². The van der Waals surface area contributed by atoms with Crippen LogP contribution in [-0.4, -0.2) is 11.2 Å². The molecule has 0 aromatic carbocycles. The van der Waals surface area contributed by atoms with E-state index in [-0.39, 0.29) is 6.10 Å². The fraction of sp³-hybridized carbons (Fsp3) is 0.857. The topological polar surface area (TPSA) is 20.2 Å². The molecule has 0 bridgehead atoms. The number of hydrogen-bond acceptors (Lipinski definition) is 1. The van der Waals surface area contributed by atoms with Crippen LogP contribution in [0, 0.1) is 46.3 Å². The van der Waals surface area contributed by atoms with Gasteiger partial charge < -0.3 is 5.11 Å². The second kappa shape index (κ2) is 8.89. The van der Waals surface area contributed by atoms with Gasteiger partial charge in [0.05, 0.1) is 6.10 Å². The van der Waals surface area contributed by atoms with Crippen molar-refractivity contribution in [1.29, 1.82) is 0 Å². The fourth-order valence-corrected chi connectivity index (χ4v) is 7.24. The number of rotatable bonds is 6. The average Bonchev–Trinajstić information content (AvgIpc) is 3.03. The maximum atomic E-state index is 10.1. The minimum atomic E-state index is -0.0940. The predicted octanol–water partition coefficient (Wildman–Crippen LogP) is 7.80. The molecule has 1 nitrogen and oxygen atoms in total. The summed E-state index contributed by atoms with van der Waals surface area (Å²) in [4.78, 5) is 0. The summed E-state index contributed by atoms with van der Waals surface area (Å²) in [6.45, 7) is 17.1. The van der Waals surface area contributed by atoms with Crippen LogP contribution in [0.25, 0.3) is 0 Å². The Morgan fingerprint density at radius 1 is 1.10 bits per heavy atom. The minimum Gasteiger partial charge on any atom is -0.393 e. The smallest absolute Gasteiger partial charge is 0.0577 e. The number of aliphatic hydroxyl groups excluding tert-OH is 1. The zero-order valence-corrected chi connectivity index (χ0v) is 20.4. The number of hydrogen-bond donors (Lipinski definition) is 1. The van der Waals surface area contributed by atoms with Gasteiger partial charge in [-0.15, -0.1) is 0 Å². The van der Waals surface area contributed by atoms with Crippen molar-refractivity contribution in [2.45, 2.75) is 106 Å². The third-order valence-corrected chi connectivity index (χ3v) is 9.86. The first-order valence-corrected chi connectivity index (χ1v) is 12.7. The standard InChI is InChI=1S/C28H48O/c1-8-28(7)25(21(5)10-9-20(4)19(2)3)13-14-26(28)22-11-12-23-17-24(29)15-16-27(23,6)18-22/h9-10,12,19-22,24-26,29H,8,11,13-18H2,1-7H3/b10-9+/t20-,21?,22-,24+,25-,26+,27-,28-/m1/s1. The van der Waals surface area contributed by atoms with Crippen LogP contribution in [0.1, 0.15) is 99.8 Å². The lowest BCUT2D eigenvalue weighted by molar-refractivity contribution is 0.0431. The molecule has 0 aromatic rings. The molecular weight excluding hydrogens is 352 g/mol. The molecule has 8 atom stereocenters. The summed E-state index contributed by atoms with van der Waals surface area (Å²) in [5.41, 5.74) is 2.39. The number of allylic oxidation sites excluding steroid dienone is 3. The lowest BCUT2D eigenvalue weighted by Gasteiger charge is -2.49. The Bertz CT molecular complexity index is 616. The van der Waals surface area contributed by atoms with E-state index in [9.17, 15) is 5.11 Å². The Hall–Kier alpha value is -0.560. The van der Waals surface area contributed by atoms with Gasteiger partial charge in [-0.1, -0.05) is 78.7 Å². The normalized spacial score (nSPS) is 42.7. The zero-order valence-electron chi connectivity index (χ0n) is 20.4. The van der Waals surface area contributed by atoms with Crippen molar-refractivity contribution in [3.8, 4) is 0 Å². The summed E-state index contributed by atoms with van der Waals surface area (Å²) >= 11 is 0. The highest BCUT2D eigenvalue weighted by atomic mass is 16.3.